The van der Waals surface area contributed by atoms with Crippen LogP contribution in [0.15, 0.2) is 0 Å². The van der Waals surface area contributed by atoms with E-state index in [0.29, 0.717) is 6.54 Å². The molecule has 0 aromatic heterocycles. The predicted octanol–water partition coefficient (Wildman–Crippen LogP) is 3.17. The summed E-state index contributed by atoms with van der Waals surface area (Å²) in [4.78, 5) is 12.3. The topological polar surface area (TPSA) is 64.3 Å². The van der Waals surface area contributed by atoms with Crippen molar-refractivity contribution in [3.05, 3.63) is 0 Å². The van der Waals surface area contributed by atoms with E-state index in [4.69, 9.17) is 10.5 Å². The molecule has 1 saturated carbocycles. The lowest BCUT2D eigenvalue weighted by molar-refractivity contribution is -0.139. The Balaban J connectivity index is 0.00000400. The molecule has 1 aliphatic carbocycles. The van der Waals surface area contributed by atoms with Gasteiger partial charge in [-0.3, -0.25) is 4.79 Å². The van der Waals surface area contributed by atoms with Crippen LogP contribution in [0.2, 0.25) is 0 Å². The molecule has 2 unspecified atom stereocenters. The summed E-state index contributed by atoms with van der Waals surface area (Å²) >= 11 is 0. The normalized spacial score (nSPS) is 18.6. The van der Waals surface area contributed by atoms with E-state index in [2.05, 4.69) is 12.2 Å². The SMILES string of the molecule is CCCCC(CN)NC(=O)C(CC)OC1CCCCC1.Cl. The molecule has 5 heteroatoms. The minimum Gasteiger partial charge on any atom is -0.365 e. The van der Waals surface area contributed by atoms with Gasteiger partial charge in [0.2, 0.25) is 5.91 Å². The van der Waals surface area contributed by atoms with Crippen molar-refractivity contribution in [1.82, 2.24) is 5.32 Å². The second kappa shape index (κ2) is 12.2. The molecular weight excluding hydrogens is 288 g/mol. The Hall–Kier alpha value is -0.320. The molecule has 21 heavy (non-hydrogen) atoms. The molecule has 1 aliphatic rings. The van der Waals surface area contributed by atoms with Gasteiger partial charge in [0, 0.05) is 12.6 Å². The predicted molar refractivity (Wildman–Crippen MR) is 89.8 cm³/mol. The summed E-state index contributed by atoms with van der Waals surface area (Å²) in [5.74, 6) is 0.0182. The van der Waals surface area contributed by atoms with E-state index in [0.717, 1.165) is 38.5 Å². The van der Waals surface area contributed by atoms with Gasteiger partial charge in [0.25, 0.3) is 0 Å². The van der Waals surface area contributed by atoms with Crippen LogP contribution in [0.4, 0.5) is 0 Å². The summed E-state index contributed by atoms with van der Waals surface area (Å²) < 4.78 is 6.00. The van der Waals surface area contributed by atoms with Crippen LogP contribution in [0.5, 0.6) is 0 Å². The third-order valence-corrected chi connectivity index (χ3v) is 4.11. The number of halogens is 1. The van der Waals surface area contributed by atoms with Crippen molar-refractivity contribution in [3.63, 3.8) is 0 Å². The first-order valence-corrected chi connectivity index (χ1v) is 8.37. The number of nitrogens with two attached hydrogens (primary N) is 1. The highest BCUT2D eigenvalue weighted by Gasteiger charge is 2.24. The largest absolute Gasteiger partial charge is 0.365 e. The molecule has 0 aromatic carbocycles. The number of rotatable bonds is 9. The zero-order chi connectivity index (χ0) is 14.8. The maximum absolute atomic E-state index is 12.3. The van der Waals surface area contributed by atoms with Gasteiger partial charge in [-0.15, -0.1) is 12.4 Å². The van der Waals surface area contributed by atoms with Crippen molar-refractivity contribution in [2.45, 2.75) is 89.9 Å². The molecule has 0 bridgehead atoms. The second-order valence-electron chi connectivity index (χ2n) is 5.88. The third kappa shape index (κ3) is 8.03. The summed E-state index contributed by atoms with van der Waals surface area (Å²) in [6, 6.07) is 0.0893. The highest BCUT2D eigenvalue weighted by molar-refractivity contribution is 5.85. The summed E-state index contributed by atoms with van der Waals surface area (Å²) in [6.45, 7) is 4.67. The first kappa shape index (κ1) is 20.7. The summed E-state index contributed by atoms with van der Waals surface area (Å²) in [5.41, 5.74) is 5.73. The van der Waals surface area contributed by atoms with Crippen LogP contribution < -0.4 is 11.1 Å². The molecule has 0 heterocycles. The van der Waals surface area contributed by atoms with E-state index in [9.17, 15) is 4.79 Å². The van der Waals surface area contributed by atoms with Crippen molar-refractivity contribution in [3.8, 4) is 0 Å². The molecule has 3 N–H and O–H groups in total. The minimum atomic E-state index is -0.311. The van der Waals surface area contributed by atoms with Crippen LogP contribution in [0.25, 0.3) is 0 Å². The minimum absolute atomic E-state index is 0. The zero-order valence-corrected chi connectivity index (χ0v) is 14.4. The van der Waals surface area contributed by atoms with E-state index in [1.807, 2.05) is 6.92 Å². The highest BCUT2D eigenvalue weighted by Crippen LogP contribution is 2.22. The van der Waals surface area contributed by atoms with E-state index < -0.39 is 0 Å². The summed E-state index contributed by atoms with van der Waals surface area (Å²) in [6.07, 6.45) is 9.82. The molecule has 0 spiro atoms. The van der Waals surface area contributed by atoms with Crippen LogP contribution in [-0.4, -0.2) is 30.7 Å². The van der Waals surface area contributed by atoms with Gasteiger partial charge in [-0.25, -0.2) is 0 Å². The first-order valence-electron chi connectivity index (χ1n) is 8.37. The molecule has 126 valence electrons. The number of carbonyl (C=O) groups excluding carboxylic acids is 1. The van der Waals surface area contributed by atoms with Crippen molar-refractivity contribution < 1.29 is 9.53 Å². The average molecular weight is 321 g/mol. The van der Waals surface area contributed by atoms with Gasteiger partial charge in [0.15, 0.2) is 0 Å². The summed E-state index contributed by atoms with van der Waals surface area (Å²) in [5, 5.41) is 3.05. The maximum atomic E-state index is 12.3. The van der Waals surface area contributed by atoms with Crippen molar-refractivity contribution in [2.24, 2.45) is 5.73 Å². The molecule has 1 fully saturated rings. The van der Waals surface area contributed by atoms with Crippen LogP contribution in [0.1, 0.15) is 71.6 Å². The molecule has 0 radical (unpaired) electrons. The third-order valence-electron chi connectivity index (χ3n) is 4.11. The van der Waals surface area contributed by atoms with Gasteiger partial charge in [-0.05, 0) is 25.7 Å². The Morgan fingerprint density at radius 1 is 1.29 bits per heavy atom. The Bertz CT molecular complexity index is 271. The van der Waals surface area contributed by atoms with Crippen molar-refractivity contribution in [1.29, 1.82) is 0 Å². The smallest absolute Gasteiger partial charge is 0.249 e. The van der Waals surface area contributed by atoms with Gasteiger partial charge in [-0.2, -0.15) is 0 Å². The van der Waals surface area contributed by atoms with E-state index >= 15 is 0 Å². The van der Waals surface area contributed by atoms with Crippen LogP contribution in [0.3, 0.4) is 0 Å². The first-order chi connectivity index (χ1) is 9.71. The van der Waals surface area contributed by atoms with Crippen molar-refractivity contribution in [2.75, 3.05) is 6.54 Å². The molecule has 0 saturated heterocycles. The Morgan fingerprint density at radius 2 is 1.95 bits per heavy atom. The number of amides is 1. The zero-order valence-electron chi connectivity index (χ0n) is 13.6. The molecule has 0 aliphatic heterocycles. The molecule has 0 aromatic rings. The number of ether oxygens (including phenoxy) is 1. The fourth-order valence-corrected chi connectivity index (χ4v) is 2.77. The lowest BCUT2D eigenvalue weighted by atomic mass is 9.97. The lowest BCUT2D eigenvalue weighted by Crippen LogP contribution is -2.46. The molecular formula is C16H33ClN2O2. The Morgan fingerprint density at radius 3 is 2.48 bits per heavy atom. The molecule has 2 atom stereocenters. The Labute approximate surface area is 136 Å². The fraction of sp³-hybridized carbons (Fsp3) is 0.938. The average Bonchev–Trinajstić information content (AvgIpc) is 2.49. The highest BCUT2D eigenvalue weighted by atomic mass is 35.5. The standard InChI is InChI=1S/C16H32N2O2.ClH/c1-3-5-9-13(12-17)18-16(19)15(4-2)20-14-10-7-6-8-11-14;/h13-15H,3-12,17H2,1-2H3,(H,18,19);1H. The van der Waals surface area contributed by atoms with Crippen LogP contribution in [0, 0.1) is 0 Å². The van der Waals surface area contributed by atoms with E-state index in [-0.39, 0.29) is 36.6 Å². The van der Waals surface area contributed by atoms with Gasteiger partial charge in [0.1, 0.15) is 6.10 Å². The van der Waals surface area contributed by atoms with Gasteiger partial charge in [0.05, 0.1) is 6.10 Å². The number of hydrogen-bond acceptors (Lipinski definition) is 3. The molecule has 1 rings (SSSR count). The number of hydrogen-bond donors (Lipinski definition) is 2. The quantitative estimate of drug-likeness (QED) is 0.686. The molecule has 1 amide bonds. The van der Waals surface area contributed by atoms with Crippen molar-refractivity contribution >= 4 is 18.3 Å². The lowest BCUT2D eigenvalue weighted by Gasteiger charge is -2.27. The van der Waals surface area contributed by atoms with Gasteiger partial charge in [-0.1, -0.05) is 46.0 Å². The van der Waals surface area contributed by atoms with Gasteiger partial charge >= 0.3 is 0 Å². The van der Waals surface area contributed by atoms with E-state index in [1.54, 1.807) is 0 Å². The second-order valence-corrected chi connectivity index (χ2v) is 5.88. The molecule has 4 nitrogen and oxygen atoms in total. The monoisotopic (exact) mass is 320 g/mol. The number of nitrogens with one attached hydrogen (secondary N) is 1. The van der Waals surface area contributed by atoms with Crippen LogP contribution in [-0.2, 0) is 9.53 Å². The summed E-state index contributed by atoms with van der Waals surface area (Å²) in [7, 11) is 0. The maximum Gasteiger partial charge on any atom is 0.249 e. The fourth-order valence-electron chi connectivity index (χ4n) is 2.77. The van der Waals surface area contributed by atoms with Gasteiger partial charge < -0.3 is 15.8 Å². The number of unbranched alkanes of at least 4 members (excludes halogenated alkanes) is 1. The van der Waals surface area contributed by atoms with Crippen LogP contribution >= 0.6 is 12.4 Å². The van der Waals surface area contributed by atoms with E-state index in [1.165, 1.54) is 19.3 Å². The number of carbonyl (C=O) groups is 1. The Kier molecular flexibility index (Phi) is 12.1.